The number of pyridine rings is 1. The fourth-order valence-electron chi connectivity index (χ4n) is 3.28. The smallest absolute Gasteiger partial charge is 0.290 e. The Kier molecular flexibility index (Phi) is 6.18. The van der Waals surface area contributed by atoms with E-state index < -0.39 is 4.92 Å². The number of nitrogens with zero attached hydrogens (tertiary/aromatic N) is 4. The monoisotopic (exact) mass is 373 g/mol. The molecule has 27 heavy (non-hydrogen) atoms. The van der Waals surface area contributed by atoms with Crippen molar-refractivity contribution in [3.05, 3.63) is 58.0 Å². The number of para-hydroxylation sites is 1. The van der Waals surface area contributed by atoms with E-state index in [1.54, 1.807) is 19.1 Å². The van der Waals surface area contributed by atoms with Crippen LogP contribution in [0.2, 0.25) is 0 Å². The number of hydrogen-bond donors (Lipinski definition) is 1. The van der Waals surface area contributed by atoms with Crippen molar-refractivity contribution in [2.45, 2.75) is 13.3 Å². The molecule has 0 spiro atoms. The van der Waals surface area contributed by atoms with Gasteiger partial charge in [-0.25, -0.2) is 9.37 Å². The minimum Gasteiger partial charge on any atom is -0.370 e. The predicted octanol–water partition coefficient (Wildman–Crippen LogP) is 3.06. The quantitative estimate of drug-likeness (QED) is 0.457. The van der Waals surface area contributed by atoms with Crippen LogP contribution in [0.25, 0.3) is 0 Å². The minimum absolute atomic E-state index is 0.0354. The summed E-state index contributed by atoms with van der Waals surface area (Å²) in [5.74, 6) is 0.489. The van der Waals surface area contributed by atoms with E-state index in [1.807, 2.05) is 12.1 Å². The Morgan fingerprint density at radius 1 is 1.26 bits per heavy atom. The maximum atomic E-state index is 13.9. The fraction of sp³-hybridized carbons (Fsp3) is 0.421. The molecule has 1 aromatic carbocycles. The first-order valence-corrected chi connectivity index (χ1v) is 9.11. The Morgan fingerprint density at radius 2 is 2.00 bits per heavy atom. The number of rotatable bonds is 7. The predicted molar refractivity (Wildman–Crippen MR) is 104 cm³/mol. The third-order valence-corrected chi connectivity index (χ3v) is 4.80. The number of piperazine rings is 1. The van der Waals surface area contributed by atoms with Crippen LogP contribution in [-0.2, 0) is 0 Å². The van der Waals surface area contributed by atoms with Gasteiger partial charge in [0.2, 0.25) is 0 Å². The summed E-state index contributed by atoms with van der Waals surface area (Å²) in [5, 5.41) is 14.0. The van der Waals surface area contributed by atoms with Gasteiger partial charge in [0, 0.05) is 38.3 Å². The van der Waals surface area contributed by atoms with E-state index >= 15 is 0 Å². The largest absolute Gasteiger partial charge is 0.370 e. The molecule has 1 aliphatic heterocycles. The number of benzene rings is 1. The Morgan fingerprint density at radius 3 is 2.67 bits per heavy atom. The zero-order chi connectivity index (χ0) is 19.2. The molecule has 8 heteroatoms. The molecule has 3 rings (SSSR count). The van der Waals surface area contributed by atoms with E-state index in [2.05, 4.69) is 20.1 Å². The summed E-state index contributed by atoms with van der Waals surface area (Å²) in [5.41, 5.74) is 1.31. The first-order valence-electron chi connectivity index (χ1n) is 9.11. The molecule has 1 aliphatic rings. The van der Waals surface area contributed by atoms with Gasteiger partial charge in [-0.15, -0.1) is 0 Å². The van der Waals surface area contributed by atoms with Crippen LogP contribution in [0.5, 0.6) is 0 Å². The molecule has 0 bridgehead atoms. The van der Waals surface area contributed by atoms with Crippen molar-refractivity contribution >= 4 is 17.2 Å². The molecule has 2 aromatic rings. The Hall–Kier alpha value is -2.74. The van der Waals surface area contributed by atoms with E-state index in [4.69, 9.17) is 0 Å². The Labute approximate surface area is 158 Å². The van der Waals surface area contributed by atoms with Crippen LogP contribution in [0.1, 0.15) is 12.0 Å². The highest BCUT2D eigenvalue weighted by atomic mass is 19.1. The first kappa shape index (κ1) is 19.0. The molecule has 0 unspecified atom stereocenters. The zero-order valence-corrected chi connectivity index (χ0v) is 15.4. The third kappa shape index (κ3) is 4.91. The van der Waals surface area contributed by atoms with Crippen molar-refractivity contribution < 1.29 is 9.31 Å². The minimum atomic E-state index is -0.424. The maximum Gasteiger partial charge on any atom is 0.290 e. The van der Waals surface area contributed by atoms with Crippen molar-refractivity contribution in [2.75, 3.05) is 49.5 Å². The molecular weight excluding hydrogens is 349 g/mol. The number of anilines is 2. The SMILES string of the molecule is Cc1cc(NCCCN2CCN(c3ccccc3F)CC2)ncc1[N+](=O)[O-]. The van der Waals surface area contributed by atoms with Gasteiger partial charge in [-0.05, 0) is 38.1 Å². The van der Waals surface area contributed by atoms with Crippen molar-refractivity contribution in [3.63, 3.8) is 0 Å². The molecular formula is C19H24FN5O2. The highest BCUT2D eigenvalue weighted by Gasteiger charge is 2.18. The lowest BCUT2D eigenvalue weighted by Crippen LogP contribution is -2.47. The molecule has 1 N–H and O–H groups in total. The van der Waals surface area contributed by atoms with Gasteiger partial charge in [0.1, 0.15) is 17.8 Å². The lowest BCUT2D eigenvalue weighted by atomic mass is 10.2. The molecule has 1 fully saturated rings. The average Bonchev–Trinajstić information content (AvgIpc) is 2.66. The van der Waals surface area contributed by atoms with Crippen LogP contribution >= 0.6 is 0 Å². The summed E-state index contributed by atoms with van der Waals surface area (Å²) >= 11 is 0. The van der Waals surface area contributed by atoms with E-state index in [0.717, 1.165) is 45.7 Å². The summed E-state index contributed by atoms with van der Waals surface area (Å²) in [4.78, 5) is 18.9. The van der Waals surface area contributed by atoms with Crippen LogP contribution in [0.4, 0.5) is 21.6 Å². The molecule has 0 amide bonds. The average molecular weight is 373 g/mol. The van der Waals surface area contributed by atoms with Crippen LogP contribution in [-0.4, -0.2) is 54.1 Å². The molecule has 1 aromatic heterocycles. The highest BCUT2D eigenvalue weighted by Crippen LogP contribution is 2.20. The van der Waals surface area contributed by atoms with Crippen LogP contribution in [0, 0.1) is 22.9 Å². The lowest BCUT2D eigenvalue weighted by Gasteiger charge is -2.36. The highest BCUT2D eigenvalue weighted by molar-refractivity contribution is 5.48. The number of hydrogen-bond acceptors (Lipinski definition) is 6. The Balaban J connectivity index is 1.39. The number of nitro groups is 1. The molecule has 0 aliphatic carbocycles. The number of nitrogens with one attached hydrogen (secondary N) is 1. The molecule has 1 saturated heterocycles. The van der Waals surface area contributed by atoms with Gasteiger partial charge in [0.05, 0.1) is 10.6 Å². The van der Waals surface area contributed by atoms with Gasteiger partial charge in [-0.3, -0.25) is 15.0 Å². The van der Waals surface area contributed by atoms with E-state index in [-0.39, 0.29) is 11.5 Å². The molecule has 0 atom stereocenters. The molecule has 0 radical (unpaired) electrons. The summed E-state index contributed by atoms with van der Waals surface area (Å²) in [6, 6.07) is 8.61. The van der Waals surface area contributed by atoms with E-state index in [1.165, 1.54) is 12.3 Å². The third-order valence-electron chi connectivity index (χ3n) is 4.80. The van der Waals surface area contributed by atoms with E-state index in [9.17, 15) is 14.5 Å². The summed E-state index contributed by atoms with van der Waals surface area (Å²) in [6.07, 6.45) is 2.23. The van der Waals surface area contributed by atoms with Crippen molar-refractivity contribution in [1.29, 1.82) is 0 Å². The van der Waals surface area contributed by atoms with Crippen LogP contribution in [0.3, 0.4) is 0 Å². The molecule has 144 valence electrons. The van der Waals surface area contributed by atoms with E-state index in [0.29, 0.717) is 17.1 Å². The van der Waals surface area contributed by atoms with Crippen molar-refractivity contribution in [3.8, 4) is 0 Å². The summed E-state index contributed by atoms with van der Waals surface area (Å²) in [6.45, 7) is 6.85. The number of aryl methyl sites for hydroxylation is 1. The number of aromatic nitrogens is 1. The second-order valence-electron chi connectivity index (χ2n) is 6.67. The summed E-state index contributed by atoms with van der Waals surface area (Å²) in [7, 11) is 0. The van der Waals surface area contributed by atoms with Crippen molar-refractivity contribution in [2.24, 2.45) is 0 Å². The van der Waals surface area contributed by atoms with Gasteiger partial charge < -0.3 is 10.2 Å². The fourth-order valence-corrected chi connectivity index (χ4v) is 3.28. The zero-order valence-electron chi connectivity index (χ0n) is 15.4. The molecule has 0 saturated carbocycles. The van der Waals surface area contributed by atoms with Crippen LogP contribution in [0.15, 0.2) is 36.5 Å². The van der Waals surface area contributed by atoms with Gasteiger partial charge in [0.25, 0.3) is 5.69 Å². The normalized spacial score (nSPS) is 15.0. The van der Waals surface area contributed by atoms with Gasteiger partial charge in [0.15, 0.2) is 0 Å². The maximum absolute atomic E-state index is 13.9. The van der Waals surface area contributed by atoms with Crippen molar-refractivity contribution in [1.82, 2.24) is 9.88 Å². The topological polar surface area (TPSA) is 74.5 Å². The van der Waals surface area contributed by atoms with Gasteiger partial charge in [-0.1, -0.05) is 12.1 Å². The second kappa shape index (κ2) is 8.77. The first-order chi connectivity index (χ1) is 13.0. The van der Waals surface area contributed by atoms with Gasteiger partial charge >= 0.3 is 0 Å². The summed E-state index contributed by atoms with van der Waals surface area (Å²) < 4.78 is 13.9. The van der Waals surface area contributed by atoms with Gasteiger partial charge in [-0.2, -0.15) is 0 Å². The van der Waals surface area contributed by atoms with Crippen LogP contribution < -0.4 is 10.2 Å². The second-order valence-corrected chi connectivity index (χ2v) is 6.67. The lowest BCUT2D eigenvalue weighted by molar-refractivity contribution is -0.385. The number of halogens is 1. The Bertz CT molecular complexity index is 793. The standard InChI is InChI=1S/C19H24FN5O2/c1-15-13-19(22-14-18(15)25(26)27)21-7-4-8-23-9-11-24(12-10-23)17-6-3-2-5-16(17)20/h2-3,5-6,13-14H,4,7-12H2,1H3,(H,21,22). The molecule has 7 nitrogen and oxygen atoms in total. The molecule has 2 heterocycles.